The highest BCUT2D eigenvalue weighted by Gasteiger charge is 2.34. The molecule has 39 heavy (non-hydrogen) atoms. The van der Waals surface area contributed by atoms with Gasteiger partial charge in [0.2, 0.25) is 11.8 Å². The van der Waals surface area contributed by atoms with E-state index in [2.05, 4.69) is 5.32 Å². The number of hydrogen-bond acceptors (Lipinski definition) is 4. The molecule has 3 rings (SSSR count). The van der Waals surface area contributed by atoms with E-state index in [-0.39, 0.29) is 40.5 Å². The number of benzene rings is 3. The first-order valence-corrected chi connectivity index (χ1v) is 14.5. The summed E-state index contributed by atoms with van der Waals surface area (Å²) in [5.74, 6) is -1.77. The van der Waals surface area contributed by atoms with Gasteiger partial charge in [0.15, 0.2) is 0 Å². The van der Waals surface area contributed by atoms with Crippen LogP contribution in [0.2, 0.25) is 10.0 Å². The predicted octanol–water partition coefficient (Wildman–Crippen LogP) is 5.66. The number of carbonyl (C=O) groups excluding carboxylic acids is 2. The minimum Gasteiger partial charge on any atom is -0.352 e. The van der Waals surface area contributed by atoms with E-state index in [1.54, 1.807) is 63.2 Å². The first-order valence-electron chi connectivity index (χ1n) is 12.3. The van der Waals surface area contributed by atoms with Gasteiger partial charge in [0.25, 0.3) is 10.0 Å². The Bertz CT molecular complexity index is 1420. The lowest BCUT2D eigenvalue weighted by atomic mass is 10.1. The fourth-order valence-electron chi connectivity index (χ4n) is 4.00. The van der Waals surface area contributed by atoms with Crippen molar-refractivity contribution < 1.29 is 22.4 Å². The summed E-state index contributed by atoms with van der Waals surface area (Å²) in [6.07, 6.45) is 0.266. The van der Waals surface area contributed by atoms with Crippen molar-refractivity contribution in [1.82, 2.24) is 10.2 Å². The van der Waals surface area contributed by atoms with Gasteiger partial charge in [0, 0.05) is 17.6 Å². The van der Waals surface area contributed by atoms with Gasteiger partial charge >= 0.3 is 0 Å². The zero-order valence-corrected chi connectivity index (χ0v) is 24.1. The fraction of sp³-hybridized carbons (Fsp3) is 0.286. The first-order chi connectivity index (χ1) is 18.4. The highest BCUT2D eigenvalue weighted by Crippen LogP contribution is 2.29. The van der Waals surface area contributed by atoms with Gasteiger partial charge in [-0.1, -0.05) is 66.5 Å². The number of halogens is 3. The molecule has 0 saturated carbocycles. The van der Waals surface area contributed by atoms with Crippen LogP contribution in [0.3, 0.4) is 0 Å². The van der Waals surface area contributed by atoms with Crippen molar-refractivity contribution in [3.05, 3.63) is 94.2 Å². The molecule has 0 saturated heterocycles. The van der Waals surface area contributed by atoms with Gasteiger partial charge in [-0.25, -0.2) is 12.8 Å². The van der Waals surface area contributed by atoms with Gasteiger partial charge in [0.1, 0.15) is 18.4 Å². The van der Waals surface area contributed by atoms with Crippen LogP contribution in [0.4, 0.5) is 10.1 Å². The SMILES string of the molecule is CCC(C(=O)NC(C)C)N(Cc1ccccc1Cl)C(=O)CN(c1ccc(F)c(Cl)c1)S(=O)(=O)c1ccccc1. The summed E-state index contributed by atoms with van der Waals surface area (Å²) in [5.41, 5.74) is 0.585. The van der Waals surface area contributed by atoms with Gasteiger partial charge < -0.3 is 10.2 Å². The average molecular weight is 595 g/mol. The molecule has 11 heteroatoms. The Kier molecular flexibility index (Phi) is 10.4. The summed E-state index contributed by atoms with van der Waals surface area (Å²) < 4.78 is 42.3. The Balaban J connectivity index is 2.09. The Morgan fingerprint density at radius 1 is 0.949 bits per heavy atom. The Hall–Kier alpha value is -3.14. The highest BCUT2D eigenvalue weighted by atomic mass is 35.5. The molecule has 0 fully saturated rings. The number of rotatable bonds is 11. The summed E-state index contributed by atoms with van der Waals surface area (Å²) in [6, 6.07) is 16.8. The molecule has 1 N–H and O–H groups in total. The van der Waals surface area contributed by atoms with Gasteiger partial charge in [0.05, 0.1) is 15.6 Å². The van der Waals surface area contributed by atoms with Crippen molar-refractivity contribution >= 4 is 50.7 Å². The molecule has 0 aromatic heterocycles. The number of anilines is 1. The summed E-state index contributed by atoms with van der Waals surface area (Å²) in [4.78, 5) is 28.3. The van der Waals surface area contributed by atoms with E-state index in [1.165, 1.54) is 23.1 Å². The van der Waals surface area contributed by atoms with Crippen LogP contribution >= 0.6 is 23.2 Å². The summed E-state index contributed by atoms with van der Waals surface area (Å²) in [7, 11) is -4.29. The molecule has 3 aromatic carbocycles. The second kappa shape index (κ2) is 13.3. The molecular formula is C28H30Cl2FN3O4S. The lowest BCUT2D eigenvalue weighted by Gasteiger charge is -2.33. The predicted molar refractivity (Wildman–Crippen MR) is 152 cm³/mol. The van der Waals surface area contributed by atoms with Crippen LogP contribution in [0, 0.1) is 5.82 Å². The van der Waals surface area contributed by atoms with E-state index in [0.29, 0.717) is 10.6 Å². The average Bonchev–Trinajstić information content (AvgIpc) is 2.89. The number of amides is 2. The van der Waals surface area contributed by atoms with E-state index >= 15 is 0 Å². The van der Waals surface area contributed by atoms with Crippen LogP contribution in [0.25, 0.3) is 0 Å². The molecule has 0 aliphatic rings. The maximum atomic E-state index is 14.0. The van der Waals surface area contributed by atoms with Crippen LogP contribution < -0.4 is 9.62 Å². The van der Waals surface area contributed by atoms with Crippen molar-refractivity contribution in [2.75, 3.05) is 10.8 Å². The molecule has 0 spiro atoms. The van der Waals surface area contributed by atoms with Crippen LogP contribution in [-0.2, 0) is 26.2 Å². The van der Waals surface area contributed by atoms with Crippen molar-refractivity contribution in [2.45, 2.75) is 50.7 Å². The minimum absolute atomic E-state index is 0.00373. The summed E-state index contributed by atoms with van der Waals surface area (Å²) in [5, 5.41) is 2.92. The smallest absolute Gasteiger partial charge is 0.264 e. The van der Waals surface area contributed by atoms with Crippen molar-refractivity contribution in [3.8, 4) is 0 Å². The number of sulfonamides is 1. The Morgan fingerprint density at radius 3 is 2.18 bits per heavy atom. The molecule has 208 valence electrons. The topological polar surface area (TPSA) is 86.8 Å². The van der Waals surface area contributed by atoms with Crippen molar-refractivity contribution in [1.29, 1.82) is 0 Å². The van der Waals surface area contributed by atoms with Crippen molar-refractivity contribution in [3.63, 3.8) is 0 Å². The standard InChI is InChI=1S/C28H30Cl2FN3O4S/c1-4-26(28(36)32-19(2)3)33(17-20-10-8-9-13-23(20)29)27(35)18-34(21-14-15-25(31)24(30)16-21)39(37,38)22-11-6-5-7-12-22/h5-16,19,26H,4,17-18H2,1-3H3,(H,32,36). The van der Waals surface area contributed by atoms with E-state index in [1.807, 2.05) is 0 Å². The molecule has 2 amide bonds. The summed E-state index contributed by atoms with van der Waals surface area (Å²) >= 11 is 12.4. The van der Waals surface area contributed by atoms with Crippen LogP contribution in [0.5, 0.6) is 0 Å². The molecular weight excluding hydrogens is 564 g/mol. The van der Waals surface area contributed by atoms with E-state index in [9.17, 15) is 22.4 Å². The van der Waals surface area contributed by atoms with Gasteiger partial charge in [-0.2, -0.15) is 0 Å². The van der Waals surface area contributed by atoms with Crippen LogP contribution in [-0.4, -0.2) is 43.8 Å². The third-order valence-electron chi connectivity index (χ3n) is 5.92. The third kappa shape index (κ3) is 7.50. The molecule has 0 radical (unpaired) electrons. The maximum absolute atomic E-state index is 14.0. The quantitative estimate of drug-likeness (QED) is 0.311. The van der Waals surface area contributed by atoms with E-state index in [4.69, 9.17) is 23.2 Å². The number of nitrogens with one attached hydrogen (secondary N) is 1. The lowest BCUT2D eigenvalue weighted by Crippen LogP contribution is -2.53. The number of carbonyl (C=O) groups is 2. The molecule has 1 atom stereocenters. The Morgan fingerprint density at radius 2 is 1.59 bits per heavy atom. The molecule has 3 aromatic rings. The molecule has 0 aliphatic heterocycles. The molecule has 0 bridgehead atoms. The van der Waals surface area contributed by atoms with Crippen molar-refractivity contribution in [2.24, 2.45) is 0 Å². The number of hydrogen-bond donors (Lipinski definition) is 1. The van der Waals surface area contributed by atoms with E-state index in [0.717, 1.165) is 16.4 Å². The largest absolute Gasteiger partial charge is 0.352 e. The van der Waals surface area contributed by atoms with Gasteiger partial charge in [-0.15, -0.1) is 0 Å². The van der Waals surface area contributed by atoms with Crippen LogP contribution in [0.15, 0.2) is 77.7 Å². The summed E-state index contributed by atoms with van der Waals surface area (Å²) in [6.45, 7) is 4.66. The monoisotopic (exact) mass is 593 g/mol. The highest BCUT2D eigenvalue weighted by molar-refractivity contribution is 7.92. The maximum Gasteiger partial charge on any atom is 0.264 e. The van der Waals surface area contributed by atoms with E-state index < -0.39 is 34.3 Å². The molecule has 0 heterocycles. The normalized spacial score (nSPS) is 12.2. The van der Waals surface area contributed by atoms with Crippen LogP contribution in [0.1, 0.15) is 32.8 Å². The number of nitrogens with zero attached hydrogens (tertiary/aromatic N) is 2. The zero-order valence-electron chi connectivity index (χ0n) is 21.8. The second-order valence-electron chi connectivity index (χ2n) is 9.12. The minimum atomic E-state index is -4.29. The Labute approximate surface area is 238 Å². The molecule has 7 nitrogen and oxygen atoms in total. The molecule has 0 aliphatic carbocycles. The van der Waals surface area contributed by atoms with Gasteiger partial charge in [-0.05, 0) is 62.2 Å². The van der Waals surface area contributed by atoms with Gasteiger partial charge in [-0.3, -0.25) is 13.9 Å². The molecule has 1 unspecified atom stereocenters. The first kappa shape index (κ1) is 30.4. The second-order valence-corrected chi connectivity index (χ2v) is 11.8. The fourth-order valence-corrected chi connectivity index (χ4v) is 5.80. The third-order valence-corrected chi connectivity index (χ3v) is 8.36. The zero-order chi connectivity index (χ0) is 28.7. The lowest BCUT2D eigenvalue weighted by molar-refractivity contribution is -0.140.